The number of aryl methyl sites for hydroxylation is 1. The van der Waals surface area contributed by atoms with Gasteiger partial charge in [-0.15, -0.1) is 0 Å². The van der Waals surface area contributed by atoms with Crippen LogP contribution in [-0.2, 0) is 6.61 Å². The van der Waals surface area contributed by atoms with E-state index in [-0.39, 0.29) is 0 Å². The van der Waals surface area contributed by atoms with Gasteiger partial charge in [0.25, 0.3) is 0 Å². The van der Waals surface area contributed by atoms with Crippen LogP contribution in [0.1, 0.15) is 11.1 Å². The van der Waals surface area contributed by atoms with Crippen LogP contribution in [-0.4, -0.2) is 4.98 Å². The summed E-state index contributed by atoms with van der Waals surface area (Å²) in [5.41, 5.74) is 1.79. The minimum atomic E-state index is 0.324. The summed E-state index contributed by atoms with van der Waals surface area (Å²) in [4.78, 5) is 3.97. The van der Waals surface area contributed by atoms with Crippen molar-refractivity contribution in [1.82, 2.24) is 4.98 Å². The number of aromatic nitrogens is 1. The molecule has 0 amide bonds. The van der Waals surface area contributed by atoms with Gasteiger partial charge in [-0.1, -0.05) is 40.9 Å². The maximum atomic E-state index is 6.04. The van der Waals surface area contributed by atoms with Crippen molar-refractivity contribution in [3.63, 3.8) is 0 Å². The van der Waals surface area contributed by atoms with Crippen molar-refractivity contribution in [2.45, 2.75) is 13.5 Å². The first-order chi connectivity index (χ1) is 8.56. The number of nitrogens with zero attached hydrogens (tertiary/aromatic N) is 1. The molecule has 0 N–H and O–H groups in total. The highest BCUT2D eigenvalue weighted by atomic mass is 35.5. The monoisotopic (exact) mass is 301 g/mol. The zero-order chi connectivity index (χ0) is 13.1. The highest BCUT2D eigenvalue weighted by molar-refractivity contribution is 6.34. The van der Waals surface area contributed by atoms with Crippen LogP contribution in [0.4, 0.5) is 0 Å². The van der Waals surface area contributed by atoms with Gasteiger partial charge in [0.2, 0.25) is 0 Å². The van der Waals surface area contributed by atoms with Crippen molar-refractivity contribution in [2.75, 3.05) is 0 Å². The summed E-state index contributed by atoms with van der Waals surface area (Å²) >= 11 is 17.7. The molecule has 0 spiro atoms. The minimum Gasteiger partial charge on any atom is -0.488 e. The van der Waals surface area contributed by atoms with Crippen LogP contribution in [0.2, 0.25) is 15.2 Å². The summed E-state index contributed by atoms with van der Waals surface area (Å²) < 4.78 is 5.67. The molecule has 1 aromatic carbocycles. The second-order valence-corrected chi connectivity index (χ2v) is 5.03. The lowest BCUT2D eigenvalue weighted by Crippen LogP contribution is -1.98. The zero-order valence-corrected chi connectivity index (χ0v) is 11.9. The van der Waals surface area contributed by atoms with Gasteiger partial charge in [0.1, 0.15) is 17.5 Å². The van der Waals surface area contributed by atoms with Crippen molar-refractivity contribution in [3.8, 4) is 5.75 Å². The van der Waals surface area contributed by atoms with E-state index < -0.39 is 0 Å². The van der Waals surface area contributed by atoms with Gasteiger partial charge in [0.05, 0.1) is 5.02 Å². The summed E-state index contributed by atoms with van der Waals surface area (Å²) in [5, 5.41) is 1.54. The number of hydrogen-bond donors (Lipinski definition) is 0. The second-order valence-electron chi connectivity index (χ2n) is 3.80. The molecule has 18 heavy (non-hydrogen) atoms. The molecule has 0 aliphatic heterocycles. The van der Waals surface area contributed by atoms with E-state index in [0.29, 0.717) is 21.8 Å². The average Bonchev–Trinajstić information content (AvgIpc) is 2.32. The molecule has 0 fully saturated rings. The van der Waals surface area contributed by atoms with Crippen molar-refractivity contribution >= 4 is 34.8 Å². The number of benzene rings is 1. The van der Waals surface area contributed by atoms with Gasteiger partial charge in [0, 0.05) is 16.8 Å². The Morgan fingerprint density at radius 3 is 2.67 bits per heavy atom. The molecular formula is C13H10Cl3NO. The topological polar surface area (TPSA) is 22.1 Å². The number of hydrogen-bond acceptors (Lipinski definition) is 2. The first-order valence-electron chi connectivity index (χ1n) is 5.25. The molecule has 2 aromatic rings. The van der Waals surface area contributed by atoms with Gasteiger partial charge in [-0.05, 0) is 30.7 Å². The Labute approximate surface area is 120 Å². The molecular weight excluding hydrogens is 293 g/mol. The number of pyridine rings is 1. The van der Waals surface area contributed by atoms with Crippen LogP contribution in [0.5, 0.6) is 5.75 Å². The van der Waals surface area contributed by atoms with Gasteiger partial charge in [0.15, 0.2) is 0 Å². The van der Waals surface area contributed by atoms with E-state index >= 15 is 0 Å². The fraction of sp³-hybridized carbons (Fsp3) is 0.154. The van der Waals surface area contributed by atoms with E-state index in [1.54, 1.807) is 18.3 Å². The molecule has 5 heteroatoms. The second kappa shape index (κ2) is 5.79. The fourth-order valence-electron chi connectivity index (χ4n) is 1.43. The summed E-state index contributed by atoms with van der Waals surface area (Å²) in [6.07, 6.45) is 1.60. The summed E-state index contributed by atoms with van der Waals surface area (Å²) in [6.45, 7) is 2.28. The Morgan fingerprint density at radius 2 is 1.94 bits per heavy atom. The summed E-state index contributed by atoms with van der Waals surface area (Å²) in [7, 11) is 0. The highest BCUT2D eigenvalue weighted by Crippen LogP contribution is 2.25. The smallest absolute Gasteiger partial charge is 0.130 e. The van der Waals surface area contributed by atoms with E-state index in [4.69, 9.17) is 39.5 Å². The molecule has 2 nitrogen and oxygen atoms in total. The Balaban J connectivity index is 2.13. The molecule has 1 heterocycles. The summed E-state index contributed by atoms with van der Waals surface area (Å²) in [6, 6.07) is 7.08. The molecule has 0 atom stereocenters. The molecule has 0 aliphatic carbocycles. The maximum Gasteiger partial charge on any atom is 0.130 e. The van der Waals surface area contributed by atoms with E-state index in [0.717, 1.165) is 16.9 Å². The number of halogens is 3. The third kappa shape index (κ3) is 3.29. The van der Waals surface area contributed by atoms with Crippen LogP contribution in [0.25, 0.3) is 0 Å². The molecule has 0 radical (unpaired) electrons. The van der Waals surface area contributed by atoms with Crippen molar-refractivity contribution in [3.05, 3.63) is 56.8 Å². The van der Waals surface area contributed by atoms with Crippen LogP contribution in [0, 0.1) is 6.92 Å². The lowest BCUT2D eigenvalue weighted by Gasteiger charge is -2.10. The van der Waals surface area contributed by atoms with Gasteiger partial charge < -0.3 is 4.74 Å². The molecule has 0 unspecified atom stereocenters. The van der Waals surface area contributed by atoms with Gasteiger partial charge in [-0.2, -0.15) is 0 Å². The van der Waals surface area contributed by atoms with Crippen molar-refractivity contribution < 1.29 is 4.74 Å². The minimum absolute atomic E-state index is 0.324. The van der Waals surface area contributed by atoms with Gasteiger partial charge in [-0.25, -0.2) is 4.98 Å². The molecule has 0 bridgehead atoms. The SMILES string of the molecule is Cc1ccc(Cl)cc1OCc1cnc(Cl)cc1Cl. The van der Waals surface area contributed by atoms with Crippen molar-refractivity contribution in [2.24, 2.45) is 0 Å². The third-order valence-electron chi connectivity index (χ3n) is 2.43. The average molecular weight is 303 g/mol. The first kappa shape index (κ1) is 13.5. The third-order valence-corrected chi connectivity index (χ3v) is 3.22. The molecule has 1 aromatic heterocycles. The maximum absolute atomic E-state index is 6.04. The number of rotatable bonds is 3. The highest BCUT2D eigenvalue weighted by Gasteiger charge is 2.05. The Bertz CT molecular complexity index is 572. The van der Waals surface area contributed by atoms with Gasteiger partial charge in [-0.3, -0.25) is 0 Å². The lowest BCUT2D eigenvalue weighted by atomic mass is 10.2. The van der Waals surface area contributed by atoms with E-state index in [1.807, 2.05) is 19.1 Å². The van der Waals surface area contributed by atoms with Crippen molar-refractivity contribution in [1.29, 1.82) is 0 Å². The predicted molar refractivity (Wildman–Crippen MR) is 74.8 cm³/mol. The Hall–Kier alpha value is -0.960. The molecule has 94 valence electrons. The normalized spacial score (nSPS) is 10.4. The molecule has 0 aliphatic rings. The Morgan fingerprint density at radius 1 is 1.17 bits per heavy atom. The van der Waals surface area contributed by atoms with E-state index in [2.05, 4.69) is 4.98 Å². The Kier molecular flexibility index (Phi) is 4.33. The summed E-state index contributed by atoms with van der Waals surface area (Å²) in [5.74, 6) is 0.730. The van der Waals surface area contributed by atoms with E-state index in [9.17, 15) is 0 Å². The van der Waals surface area contributed by atoms with Crippen LogP contribution < -0.4 is 4.74 Å². The zero-order valence-electron chi connectivity index (χ0n) is 9.58. The largest absolute Gasteiger partial charge is 0.488 e. The van der Waals surface area contributed by atoms with E-state index in [1.165, 1.54) is 0 Å². The first-order valence-corrected chi connectivity index (χ1v) is 6.38. The van der Waals surface area contributed by atoms with Crippen LogP contribution >= 0.6 is 34.8 Å². The molecule has 0 saturated heterocycles. The molecule has 2 rings (SSSR count). The quantitative estimate of drug-likeness (QED) is 0.750. The van der Waals surface area contributed by atoms with Crippen LogP contribution in [0.15, 0.2) is 30.5 Å². The fourth-order valence-corrected chi connectivity index (χ4v) is 2.01. The number of ether oxygens (including phenoxy) is 1. The molecule has 0 saturated carbocycles. The lowest BCUT2D eigenvalue weighted by molar-refractivity contribution is 0.304. The van der Waals surface area contributed by atoms with Gasteiger partial charge >= 0.3 is 0 Å². The van der Waals surface area contributed by atoms with Crippen LogP contribution in [0.3, 0.4) is 0 Å². The predicted octanol–water partition coefficient (Wildman–Crippen LogP) is 4.93. The standard InChI is InChI=1S/C13H10Cl3NO/c1-8-2-3-10(14)4-12(8)18-7-9-6-17-13(16)5-11(9)15/h2-6H,7H2,1H3.